The van der Waals surface area contributed by atoms with E-state index < -0.39 is 5.41 Å². The highest BCUT2D eigenvalue weighted by Crippen LogP contribution is 2.21. The van der Waals surface area contributed by atoms with Crippen LogP contribution in [0.15, 0.2) is 0 Å². The number of unbranched alkanes of at least 4 members (excludes halogenated alkanes) is 1. The van der Waals surface area contributed by atoms with Gasteiger partial charge in [-0.3, -0.25) is 4.79 Å². The molecule has 0 amide bonds. The van der Waals surface area contributed by atoms with Gasteiger partial charge in [0, 0.05) is 6.54 Å². The normalized spacial score (nSPS) is 15.1. The molecule has 0 aliphatic carbocycles. The van der Waals surface area contributed by atoms with E-state index in [1.54, 1.807) is 0 Å². The van der Waals surface area contributed by atoms with Crippen molar-refractivity contribution in [3.63, 3.8) is 0 Å². The standard InChI is InChI=1S/C10H21NO2/c1-4-6-7-13-9(12)10(3,5-2)8-11/h4-8,11H2,1-3H3. The quantitative estimate of drug-likeness (QED) is 0.508. The minimum Gasteiger partial charge on any atom is -0.465 e. The summed E-state index contributed by atoms with van der Waals surface area (Å²) in [6.07, 6.45) is 2.70. The molecule has 0 aliphatic heterocycles. The van der Waals surface area contributed by atoms with E-state index in [0.29, 0.717) is 13.2 Å². The van der Waals surface area contributed by atoms with Gasteiger partial charge in [0.15, 0.2) is 0 Å². The first-order valence-corrected chi connectivity index (χ1v) is 4.98. The summed E-state index contributed by atoms with van der Waals surface area (Å²) in [7, 11) is 0. The van der Waals surface area contributed by atoms with Crippen LogP contribution in [0.4, 0.5) is 0 Å². The summed E-state index contributed by atoms with van der Waals surface area (Å²) in [6.45, 7) is 6.74. The molecule has 0 bridgehead atoms. The number of rotatable bonds is 6. The molecular weight excluding hydrogens is 166 g/mol. The molecule has 13 heavy (non-hydrogen) atoms. The molecule has 3 heteroatoms. The van der Waals surface area contributed by atoms with Crippen molar-refractivity contribution in [1.29, 1.82) is 0 Å². The summed E-state index contributed by atoms with van der Waals surface area (Å²) in [5.41, 5.74) is 5.03. The fraction of sp³-hybridized carbons (Fsp3) is 0.900. The van der Waals surface area contributed by atoms with Gasteiger partial charge in [-0.2, -0.15) is 0 Å². The van der Waals surface area contributed by atoms with E-state index in [9.17, 15) is 4.79 Å². The maximum atomic E-state index is 11.5. The SMILES string of the molecule is CCCCOC(=O)C(C)(CC)CN. The highest BCUT2D eigenvalue weighted by molar-refractivity contribution is 5.76. The first-order valence-electron chi connectivity index (χ1n) is 4.98. The van der Waals surface area contributed by atoms with E-state index in [-0.39, 0.29) is 5.97 Å². The van der Waals surface area contributed by atoms with Gasteiger partial charge in [0.25, 0.3) is 0 Å². The lowest BCUT2D eigenvalue weighted by Gasteiger charge is -2.23. The second-order valence-corrected chi connectivity index (χ2v) is 3.61. The molecule has 78 valence electrons. The molecule has 1 atom stereocenters. The maximum Gasteiger partial charge on any atom is 0.313 e. The van der Waals surface area contributed by atoms with Crippen molar-refractivity contribution < 1.29 is 9.53 Å². The van der Waals surface area contributed by atoms with Crippen LogP contribution in [0.5, 0.6) is 0 Å². The van der Waals surface area contributed by atoms with Crippen LogP contribution in [0.2, 0.25) is 0 Å². The van der Waals surface area contributed by atoms with Crippen LogP contribution in [-0.2, 0) is 9.53 Å². The zero-order valence-corrected chi connectivity index (χ0v) is 8.93. The van der Waals surface area contributed by atoms with E-state index in [4.69, 9.17) is 10.5 Å². The predicted octanol–water partition coefficient (Wildman–Crippen LogP) is 1.70. The number of ether oxygens (including phenoxy) is 1. The number of esters is 1. The summed E-state index contributed by atoms with van der Waals surface area (Å²) in [4.78, 5) is 11.5. The number of carbonyl (C=O) groups is 1. The zero-order chi connectivity index (χ0) is 10.3. The van der Waals surface area contributed by atoms with Crippen LogP contribution in [0, 0.1) is 5.41 Å². The molecule has 1 unspecified atom stereocenters. The zero-order valence-electron chi connectivity index (χ0n) is 8.93. The van der Waals surface area contributed by atoms with Crippen molar-refractivity contribution in [3.05, 3.63) is 0 Å². The fourth-order valence-corrected chi connectivity index (χ4v) is 0.855. The van der Waals surface area contributed by atoms with E-state index in [1.807, 2.05) is 13.8 Å². The molecule has 0 aromatic heterocycles. The van der Waals surface area contributed by atoms with Crippen LogP contribution in [0.25, 0.3) is 0 Å². The highest BCUT2D eigenvalue weighted by atomic mass is 16.5. The van der Waals surface area contributed by atoms with Crippen molar-refractivity contribution in [2.45, 2.75) is 40.0 Å². The first kappa shape index (κ1) is 12.4. The summed E-state index contributed by atoms with van der Waals surface area (Å²) in [5.74, 6) is -0.161. The monoisotopic (exact) mass is 187 g/mol. The van der Waals surface area contributed by atoms with Crippen LogP contribution >= 0.6 is 0 Å². The largest absolute Gasteiger partial charge is 0.465 e. The smallest absolute Gasteiger partial charge is 0.313 e. The molecule has 0 aliphatic rings. The van der Waals surface area contributed by atoms with Crippen molar-refractivity contribution in [3.8, 4) is 0 Å². The Bertz CT molecular complexity index is 153. The molecule has 2 N–H and O–H groups in total. The van der Waals surface area contributed by atoms with Gasteiger partial charge in [0.1, 0.15) is 0 Å². The van der Waals surface area contributed by atoms with Gasteiger partial charge >= 0.3 is 5.97 Å². The average Bonchev–Trinajstić information content (AvgIpc) is 2.17. The van der Waals surface area contributed by atoms with Crippen molar-refractivity contribution in [2.24, 2.45) is 11.1 Å². The third-order valence-corrected chi connectivity index (χ3v) is 2.45. The molecule has 0 rings (SSSR count). The second-order valence-electron chi connectivity index (χ2n) is 3.61. The molecule has 0 aromatic rings. The van der Waals surface area contributed by atoms with Crippen LogP contribution < -0.4 is 5.73 Å². The Morgan fingerprint density at radius 1 is 1.46 bits per heavy atom. The molecule has 0 spiro atoms. The molecule has 0 heterocycles. The third kappa shape index (κ3) is 3.77. The summed E-state index contributed by atoms with van der Waals surface area (Å²) < 4.78 is 5.11. The minimum atomic E-state index is -0.492. The van der Waals surface area contributed by atoms with Gasteiger partial charge in [0.05, 0.1) is 12.0 Å². The fourth-order valence-electron chi connectivity index (χ4n) is 0.855. The Morgan fingerprint density at radius 3 is 2.46 bits per heavy atom. The Labute approximate surface area is 80.6 Å². The molecule has 3 nitrogen and oxygen atoms in total. The average molecular weight is 187 g/mol. The van der Waals surface area contributed by atoms with Crippen molar-refractivity contribution >= 4 is 5.97 Å². The maximum absolute atomic E-state index is 11.5. The molecular formula is C10H21NO2. The highest BCUT2D eigenvalue weighted by Gasteiger charge is 2.31. The Kier molecular flexibility index (Phi) is 5.71. The third-order valence-electron chi connectivity index (χ3n) is 2.45. The number of hydrogen-bond acceptors (Lipinski definition) is 3. The van der Waals surface area contributed by atoms with Crippen LogP contribution in [0.1, 0.15) is 40.0 Å². The van der Waals surface area contributed by atoms with Gasteiger partial charge in [-0.1, -0.05) is 20.3 Å². The van der Waals surface area contributed by atoms with Crippen molar-refractivity contribution in [1.82, 2.24) is 0 Å². The predicted molar refractivity (Wildman–Crippen MR) is 53.3 cm³/mol. The van der Waals surface area contributed by atoms with Crippen molar-refractivity contribution in [2.75, 3.05) is 13.2 Å². The van der Waals surface area contributed by atoms with E-state index in [0.717, 1.165) is 19.3 Å². The second kappa shape index (κ2) is 5.97. The van der Waals surface area contributed by atoms with Crippen LogP contribution in [-0.4, -0.2) is 19.1 Å². The molecule has 0 saturated heterocycles. The van der Waals surface area contributed by atoms with Crippen LogP contribution in [0.3, 0.4) is 0 Å². The van der Waals surface area contributed by atoms with E-state index >= 15 is 0 Å². The van der Waals surface area contributed by atoms with Gasteiger partial charge in [-0.25, -0.2) is 0 Å². The van der Waals surface area contributed by atoms with E-state index in [1.165, 1.54) is 0 Å². The number of hydrogen-bond donors (Lipinski definition) is 1. The number of carbonyl (C=O) groups excluding carboxylic acids is 1. The van der Waals surface area contributed by atoms with E-state index in [2.05, 4.69) is 6.92 Å². The van der Waals surface area contributed by atoms with Gasteiger partial charge in [-0.05, 0) is 19.8 Å². The summed E-state index contributed by atoms with van der Waals surface area (Å²) in [6, 6.07) is 0. The molecule has 0 saturated carbocycles. The Balaban J connectivity index is 3.92. The first-order chi connectivity index (χ1) is 6.10. The lowest BCUT2D eigenvalue weighted by molar-refractivity contribution is -0.154. The molecule has 0 radical (unpaired) electrons. The van der Waals surface area contributed by atoms with Gasteiger partial charge in [0.2, 0.25) is 0 Å². The lowest BCUT2D eigenvalue weighted by atomic mass is 9.88. The summed E-state index contributed by atoms with van der Waals surface area (Å²) in [5, 5.41) is 0. The summed E-state index contributed by atoms with van der Waals surface area (Å²) >= 11 is 0. The Morgan fingerprint density at radius 2 is 2.08 bits per heavy atom. The Hall–Kier alpha value is -0.570. The topological polar surface area (TPSA) is 52.3 Å². The number of nitrogens with two attached hydrogens (primary N) is 1. The van der Waals surface area contributed by atoms with Gasteiger partial charge < -0.3 is 10.5 Å². The van der Waals surface area contributed by atoms with Gasteiger partial charge in [-0.15, -0.1) is 0 Å². The molecule has 0 fully saturated rings. The minimum absolute atomic E-state index is 0.161. The molecule has 0 aromatic carbocycles. The lowest BCUT2D eigenvalue weighted by Crippen LogP contribution is -2.36.